The molecule has 1 saturated heterocycles. The van der Waals surface area contributed by atoms with Crippen molar-refractivity contribution in [2.45, 2.75) is 70.7 Å². The summed E-state index contributed by atoms with van der Waals surface area (Å²) in [6.07, 6.45) is 5.92. The highest BCUT2D eigenvalue weighted by Gasteiger charge is 2.32. The van der Waals surface area contributed by atoms with Crippen molar-refractivity contribution in [3.63, 3.8) is 0 Å². The van der Waals surface area contributed by atoms with Crippen molar-refractivity contribution in [1.29, 1.82) is 0 Å². The fourth-order valence-electron chi connectivity index (χ4n) is 4.69. The number of para-hydroxylation sites is 1. The molecule has 0 bridgehead atoms. The molecule has 0 spiro atoms. The van der Waals surface area contributed by atoms with Gasteiger partial charge in [-0.2, -0.15) is 11.8 Å². The van der Waals surface area contributed by atoms with Gasteiger partial charge in [-0.05, 0) is 54.9 Å². The molecule has 4 atom stereocenters. The predicted octanol–water partition coefficient (Wildman–Crippen LogP) is 2.60. The fraction of sp³-hybridized carbons (Fsp3) is 0.552. The number of hydrogen-bond donors (Lipinski definition) is 3. The van der Waals surface area contributed by atoms with Crippen LogP contribution in [0, 0.1) is 5.92 Å². The molecule has 3 N–H and O–H groups in total. The van der Waals surface area contributed by atoms with Gasteiger partial charge in [0.05, 0.1) is 25.3 Å². The quantitative estimate of drug-likeness (QED) is 0.220. The second-order valence-corrected chi connectivity index (χ2v) is 11.3. The van der Waals surface area contributed by atoms with E-state index in [0.717, 1.165) is 22.9 Å². The standard InChI is InChI=1S/C29H41N5O5S/c1-5-19(2)14-25(33-28(37)23-10-11-26(35)31-23)34(17-20-15-21-8-6-7-9-22(21)30-16-20)18-27(36)32-24(12-13-40-4)29(38)39-3/h6-9,15-16,19,23-25H,5,10-14,17-18H2,1-4H3,(H,31,35)(H,32,36)(H,33,37)/t19-,23-,24-,25?/m0/s1. The molecule has 1 unspecified atom stereocenters. The monoisotopic (exact) mass is 571 g/mol. The number of benzene rings is 1. The van der Waals surface area contributed by atoms with Crippen molar-refractivity contribution in [2.24, 2.45) is 5.92 Å². The zero-order valence-corrected chi connectivity index (χ0v) is 24.6. The number of aromatic nitrogens is 1. The Morgan fingerprint density at radius 2 is 2.02 bits per heavy atom. The molecule has 2 aromatic rings. The van der Waals surface area contributed by atoms with Crippen molar-refractivity contribution < 1.29 is 23.9 Å². The number of nitrogens with one attached hydrogen (secondary N) is 3. The van der Waals surface area contributed by atoms with Crippen LogP contribution < -0.4 is 16.0 Å². The predicted molar refractivity (Wildman–Crippen MR) is 156 cm³/mol. The van der Waals surface area contributed by atoms with Crippen molar-refractivity contribution in [3.8, 4) is 0 Å². The maximum atomic E-state index is 13.3. The third-order valence-corrected chi connectivity index (χ3v) is 7.84. The summed E-state index contributed by atoms with van der Waals surface area (Å²) < 4.78 is 4.91. The Morgan fingerprint density at radius 3 is 2.70 bits per heavy atom. The highest BCUT2D eigenvalue weighted by Crippen LogP contribution is 2.19. The minimum Gasteiger partial charge on any atom is -0.467 e. The SMILES string of the molecule is CC[C@H](C)CC(NC(=O)[C@@H]1CCC(=O)N1)N(CC(=O)N[C@@H](CCSC)C(=O)OC)Cc1cnc2ccccc2c1. The summed E-state index contributed by atoms with van der Waals surface area (Å²) in [4.78, 5) is 57.1. The van der Waals surface area contributed by atoms with E-state index in [0.29, 0.717) is 38.0 Å². The number of nitrogens with zero attached hydrogens (tertiary/aromatic N) is 2. The molecule has 0 saturated carbocycles. The number of pyridine rings is 1. The molecule has 2 heterocycles. The number of methoxy groups -OCH3 is 1. The van der Waals surface area contributed by atoms with Crippen LogP contribution in [0.15, 0.2) is 36.5 Å². The molecule has 0 aliphatic carbocycles. The molecule has 218 valence electrons. The Bertz CT molecular complexity index is 1180. The third-order valence-electron chi connectivity index (χ3n) is 7.20. The van der Waals surface area contributed by atoms with E-state index in [-0.39, 0.29) is 30.2 Å². The first kappa shape index (κ1) is 31.3. The van der Waals surface area contributed by atoms with Crippen LogP contribution in [0.25, 0.3) is 10.9 Å². The van der Waals surface area contributed by atoms with E-state index in [1.807, 2.05) is 41.5 Å². The van der Waals surface area contributed by atoms with E-state index >= 15 is 0 Å². The molecule has 10 nitrogen and oxygen atoms in total. The van der Waals surface area contributed by atoms with Gasteiger partial charge in [0.25, 0.3) is 0 Å². The number of hydrogen-bond acceptors (Lipinski definition) is 8. The number of thioether (sulfide) groups is 1. The van der Waals surface area contributed by atoms with E-state index < -0.39 is 24.2 Å². The topological polar surface area (TPSA) is 130 Å². The lowest BCUT2D eigenvalue weighted by Gasteiger charge is -2.34. The fourth-order valence-corrected chi connectivity index (χ4v) is 5.16. The van der Waals surface area contributed by atoms with Gasteiger partial charge in [-0.15, -0.1) is 0 Å². The van der Waals surface area contributed by atoms with Crippen LogP contribution in [0.5, 0.6) is 0 Å². The smallest absolute Gasteiger partial charge is 0.328 e. The number of rotatable bonds is 15. The van der Waals surface area contributed by atoms with Crippen molar-refractivity contribution in [3.05, 3.63) is 42.1 Å². The molecule has 1 aliphatic rings. The Morgan fingerprint density at radius 1 is 1.25 bits per heavy atom. The molecule has 1 aromatic carbocycles. The van der Waals surface area contributed by atoms with Crippen LogP contribution in [-0.2, 0) is 30.5 Å². The van der Waals surface area contributed by atoms with Gasteiger partial charge in [0.2, 0.25) is 17.7 Å². The van der Waals surface area contributed by atoms with E-state index in [1.165, 1.54) is 7.11 Å². The second kappa shape index (κ2) is 15.6. The molecule has 1 aromatic heterocycles. The van der Waals surface area contributed by atoms with Crippen LogP contribution in [0.2, 0.25) is 0 Å². The molecular weight excluding hydrogens is 530 g/mol. The number of ether oxygens (including phenoxy) is 1. The van der Waals surface area contributed by atoms with Gasteiger partial charge in [0.1, 0.15) is 12.1 Å². The van der Waals surface area contributed by atoms with Crippen LogP contribution in [-0.4, -0.2) is 77.5 Å². The summed E-state index contributed by atoms with van der Waals surface area (Å²) in [5.74, 6) is -0.304. The van der Waals surface area contributed by atoms with Gasteiger partial charge in [-0.1, -0.05) is 38.5 Å². The number of carbonyl (C=O) groups is 4. The number of esters is 1. The highest BCUT2D eigenvalue weighted by molar-refractivity contribution is 7.98. The Hall–Kier alpha value is -3.18. The molecule has 3 amide bonds. The van der Waals surface area contributed by atoms with Crippen molar-refractivity contribution in [1.82, 2.24) is 25.8 Å². The Labute approximate surface area is 240 Å². The van der Waals surface area contributed by atoms with E-state index in [9.17, 15) is 19.2 Å². The maximum Gasteiger partial charge on any atom is 0.328 e. The summed E-state index contributed by atoms with van der Waals surface area (Å²) in [5, 5.41) is 9.64. The molecule has 0 radical (unpaired) electrons. The van der Waals surface area contributed by atoms with Gasteiger partial charge in [0, 0.05) is 24.5 Å². The molecule has 3 rings (SSSR count). The van der Waals surface area contributed by atoms with Gasteiger partial charge in [0.15, 0.2) is 0 Å². The minimum atomic E-state index is -0.759. The van der Waals surface area contributed by atoms with Gasteiger partial charge < -0.3 is 20.7 Å². The second-order valence-electron chi connectivity index (χ2n) is 10.3. The summed E-state index contributed by atoms with van der Waals surface area (Å²) in [7, 11) is 1.30. The molecule has 11 heteroatoms. The van der Waals surface area contributed by atoms with Gasteiger partial charge in [-0.3, -0.25) is 24.3 Å². The van der Waals surface area contributed by atoms with Crippen molar-refractivity contribution in [2.75, 3.05) is 25.7 Å². The summed E-state index contributed by atoms with van der Waals surface area (Å²) in [6.45, 7) is 4.47. The summed E-state index contributed by atoms with van der Waals surface area (Å²) in [5.41, 5.74) is 1.75. The van der Waals surface area contributed by atoms with Crippen LogP contribution >= 0.6 is 11.8 Å². The third kappa shape index (κ3) is 9.19. The molecule has 1 aliphatic heterocycles. The molecular formula is C29H41N5O5S. The lowest BCUT2D eigenvalue weighted by atomic mass is 10.0. The van der Waals surface area contributed by atoms with Crippen LogP contribution in [0.4, 0.5) is 0 Å². The Kier molecular flexibility index (Phi) is 12.2. The number of carbonyl (C=O) groups excluding carboxylic acids is 4. The first-order valence-corrected chi connectivity index (χ1v) is 15.2. The number of fused-ring (bicyclic) bond motifs is 1. The highest BCUT2D eigenvalue weighted by atomic mass is 32.2. The molecule has 1 fully saturated rings. The summed E-state index contributed by atoms with van der Waals surface area (Å²) >= 11 is 1.58. The first-order chi connectivity index (χ1) is 19.2. The first-order valence-electron chi connectivity index (χ1n) is 13.8. The summed E-state index contributed by atoms with van der Waals surface area (Å²) in [6, 6.07) is 8.47. The van der Waals surface area contributed by atoms with E-state index in [2.05, 4.69) is 34.8 Å². The Balaban J connectivity index is 1.88. The van der Waals surface area contributed by atoms with E-state index in [4.69, 9.17) is 4.74 Å². The number of amides is 3. The lowest BCUT2D eigenvalue weighted by Crippen LogP contribution is -2.56. The van der Waals surface area contributed by atoms with Crippen molar-refractivity contribution >= 4 is 46.4 Å². The normalized spacial score (nSPS) is 17.2. The van der Waals surface area contributed by atoms with Crippen LogP contribution in [0.1, 0.15) is 51.5 Å². The van der Waals surface area contributed by atoms with E-state index in [1.54, 1.807) is 18.0 Å². The minimum absolute atomic E-state index is 0.0575. The van der Waals surface area contributed by atoms with Gasteiger partial charge in [-0.25, -0.2) is 4.79 Å². The van der Waals surface area contributed by atoms with Gasteiger partial charge >= 0.3 is 5.97 Å². The lowest BCUT2D eigenvalue weighted by molar-refractivity contribution is -0.145. The maximum absolute atomic E-state index is 13.3. The zero-order valence-electron chi connectivity index (χ0n) is 23.8. The zero-order chi connectivity index (χ0) is 29.1. The largest absolute Gasteiger partial charge is 0.467 e. The van der Waals surface area contributed by atoms with Crippen LogP contribution in [0.3, 0.4) is 0 Å². The average Bonchev–Trinajstić information content (AvgIpc) is 3.40. The average molecular weight is 572 g/mol. The molecule has 40 heavy (non-hydrogen) atoms.